The van der Waals surface area contributed by atoms with E-state index >= 15 is 0 Å². The lowest BCUT2D eigenvalue weighted by Gasteiger charge is -2.08. The average molecular weight is 412 g/mol. The summed E-state index contributed by atoms with van der Waals surface area (Å²) in [6.45, 7) is 0. The molecule has 2 aromatic carbocycles. The molecule has 0 aliphatic rings. The highest BCUT2D eigenvalue weighted by atomic mass is 79.9. The van der Waals surface area contributed by atoms with Gasteiger partial charge in [0.05, 0.1) is 16.3 Å². The van der Waals surface area contributed by atoms with Crippen LogP contribution in [0.1, 0.15) is 5.76 Å². The third-order valence-corrected chi connectivity index (χ3v) is 4.18. The van der Waals surface area contributed by atoms with Crippen LogP contribution in [0, 0.1) is 5.82 Å². The minimum absolute atomic E-state index is 0.126. The SMILES string of the molecule is O=c1c(-c2ccc(F)cc2)c(CBr)oc2ccc(Br)cc12. The Balaban J connectivity index is 2.37. The van der Waals surface area contributed by atoms with Gasteiger partial charge in [0, 0.05) is 4.47 Å². The monoisotopic (exact) mass is 410 g/mol. The van der Waals surface area contributed by atoms with Gasteiger partial charge < -0.3 is 4.42 Å². The Bertz CT molecular complexity index is 870. The van der Waals surface area contributed by atoms with Crippen molar-refractivity contribution >= 4 is 42.8 Å². The molecule has 0 N–H and O–H groups in total. The van der Waals surface area contributed by atoms with Gasteiger partial charge in [0.15, 0.2) is 0 Å². The fourth-order valence-corrected chi connectivity index (χ4v) is 2.97. The molecule has 3 aromatic rings. The zero-order valence-corrected chi connectivity index (χ0v) is 13.9. The fourth-order valence-electron chi connectivity index (χ4n) is 2.22. The Morgan fingerprint density at radius 3 is 2.48 bits per heavy atom. The Hall–Kier alpha value is -1.46. The van der Waals surface area contributed by atoms with E-state index in [-0.39, 0.29) is 11.2 Å². The summed E-state index contributed by atoms with van der Waals surface area (Å²) in [4.78, 5) is 12.8. The number of benzene rings is 2. The van der Waals surface area contributed by atoms with Gasteiger partial charge in [0.25, 0.3) is 0 Å². The summed E-state index contributed by atoms with van der Waals surface area (Å²) < 4.78 is 19.7. The van der Waals surface area contributed by atoms with Crippen molar-refractivity contribution in [2.45, 2.75) is 5.33 Å². The summed E-state index contributed by atoms with van der Waals surface area (Å²) in [5, 5.41) is 0.898. The van der Waals surface area contributed by atoms with Crippen LogP contribution < -0.4 is 5.43 Å². The molecule has 0 aliphatic heterocycles. The largest absolute Gasteiger partial charge is 0.459 e. The summed E-state index contributed by atoms with van der Waals surface area (Å²) >= 11 is 6.69. The first-order valence-electron chi connectivity index (χ1n) is 6.17. The van der Waals surface area contributed by atoms with E-state index in [9.17, 15) is 9.18 Å². The van der Waals surface area contributed by atoms with Crippen molar-refractivity contribution in [3.05, 3.63) is 68.7 Å². The van der Waals surface area contributed by atoms with Crippen molar-refractivity contribution in [2.75, 3.05) is 0 Å². The van der Waals surface area contributed by atoms with Crippen LogP contribution in [0.5, 0.6) is 0 Å². The molecule has 2 nitrogen and oxygen atoms in total. The van der Waals surface area contributed by atoms with Gasteiger partial charge in [-0.15, -0.1) is 0 Å². The lowest BCUT2D eigenvalue weighted by molar-refractivity contribution is 0.564. The highest BCUT2D eigenvalue weighted by Crippen LogP contribution is 2.27. The van der Waals surface area contributed by atoms with Crippen LogP contribution in [0.2, 0.25) is 0 Å². The van der Waals surface area contributed by atoms with Crippen molar-refractivity contribution in [1.29, 1.82) is 0 Å². The van der Waals surface area contributed by atoms with Gasteiger partial charge in [-0.3, -0.25) is 4.79 Å². The van der Waals surface area contributed by atoms with E-state index in [1.807, 2.05) is 6.07 Å². The molecule has 21 heavy (non-hydrogen) atoms. The lowest BCUT2D eigenvalue weighted by atomic mass is 10.0. The Morgan fingerprint density at radius 1 is 1.10 bits per heavy atom. The Labute approximate surface area is 136 Å². The van der Waals surface area contributed by atoms with E-state index in [0.29, 0.717) is 33.2 Å². The summed E-state index contributed by atoms with van der Waals surface area (Å²) in [5.41, 5.74) is 1.50. The van der Waals surface area contributed by atoms with Gasteiger partial charge in [-0.1, -0.05) is 44.0 Å². The summed E-state index contributed by atoms with van der Waals surface area (Å²) in [6.07, 6.45) is 0. The molecule has 0 aliphatic carbocycles. The minimum atomic E-state index is -0.341. The third kappa shape index (κ3) is 2.68. The molecule has 0 unspecified atom stereocenters. The molecule has 1 heterocycles. The van der Waals surface area contributed by atoms with Gasteiger partial charge >= 0.3 is 0 Å². The molecule has 5 heteroatoms. The van der Waals surface area contributed by atoms with Crippen molar-refractivity contribution < 1.29 is 8.81 Å². The maximum Gasteiger partial charge on any atom is 0.200 e. The second-order valence-electron chi connectivity index (χ2n) is 4.51. The van der Waals surface area contributed by atoms with E-state index in [1.54, 1.807) is 24.3 Å². The van der Waals surface area contributed by atoms with Gasteiger partial charge in [0.2, 0.25) is 5.43 Å². The first-order chi connectivity index (χ1) is 10.1. The average Bonchev–Trinajstić information content (AvgIpc) is 2.49. The van der Waals surface area contributed by atoms with Crippen LogP contribution in [-0.2, 0) is 5.33 Å². The topological polar surface area (TPSA) is 30.2 Å². The Kier molecular flexibility index (Phi) is 3.95. The van der Waals surface area contributed by atoms with Crippen LogP contribution in [0.25, 0.3) is 22.1 Å². The van der Waals surface area contributed by atoms with Crippen LogP contribution in [-0.4, -0.2) is 0 Å². The second kappa shape index (κ2) is 5.73. The molecule has 0 spiro atoms. The molecule has 0 amide bonds. The molecule has 0 atom stereocenters. The summed E-state index contributed by atoms with van der Waals surface area (Å²) in [7, 11) is 0. The summed E-state index contributed by atoms with van der Waals surface area (Å²) in [5.74, 6) is 0.188. The zero-order chi connectivity index (χ0) is 15.0. The first-order valence-corrected chi connectivity index (χ1v) is 8.09. The predicted molar refractivity (Wildman–Crippen MR) is 88.2 cm³/mol. The molecule has 0 bridgehead atoms. The highest BCUT2D eigenvalue weighted by Gasteiger charge is 2.15. The smallest absolute Gasteiger partial charge is 0.200 e. The number of hydrogen-bond donors (Lipinski definition) is 0. The van der Waals surface area contributed by atoms with Crippen LogP contribution >= 0.6 is 31.9 Å². The van der Waals surface area contributed by atoms with Crippen LogP contribution in [0.3, 0.4) is 0 Å². The van der Waals surface area contributed by atoms with Crippen molar-refractivity contribution in [1.82, 2.24) is 0 Å². The van der Waals surface area contributed by atoms with Crippen molar-refractivity contribution in [3.8, 4) is 11.1 Å². The summed E-state index contributed by atoms with van der Waals surface area (Å²) in [6, 6.07) is 11.1. The minimum Gasteiger partial charge on any atom is -0.459 e. The lowest BCUT2D eigenvalue weighted by Crippen LogP contribution is -2.08. The quantitative estimate of drug-likeness (QED) is 0.538. The van der Waals surface area contributed by atoms with Gasteiger partial charge in [-0.2, -0.15) is 0 Å². The molecule has 0 radical (unpaired) electrons. The molecule has 0 saturated heterocycles. The van der Waals surface area contributed by atoms with Crippen molar-refractivity contribution in [2.24, 2.45) is 0 Å². The molecule has 0 saturated carbocycles. The fraction of sp³-hybridized carbons (Fsp3) is 0.0625. The molecular formula is C16H9Br2FO2. The van der Waals surface area contributed by atoms with E-state index in [0.717, 1.165) is 4.47 Å². The maximum absolute atomic E-state index is 13.1. The second-order valence-corrected chi connectivity index (χ2v) is 5.99. The van der Waals surface area contributed by atoms with E-state index in [2.05, 4.69) is 31.9 Å². The first kappa shape index (κ1) is 14.5. The van der Waals surface area contributed by atoms with E-state index in [4.69, 9.17) is 4.42 Å². The third-order valence-electron chi connectivity index (χ3n) is 3.18. The van der Waals surface area contributed by atoms with Gasteiger partial charge in [0.1, 0.15) is 17.2 Å². The number of rotatable bonds is 2. The van der Waals surface area contributed by atoms with Crippen LogP contribution in [0.15, 0.2) is 56.1 Å². The predicted octanol–water partition coefficient (Wildman–Crippen LogP) is 5.26. The van der Waals surface area contributed by atoms with E-state index < -0.39 is 0 Å². The molecular weight excluding hydrogens is 403 g/mol. The molecule has 1 aromatic heterocycles. The molecule has 106 valence electrons. The Morgan fingerprint density at radius 2 is 1.81 bits per heavy atom. The van der Waals surface area contributed by atoms with E-state index in [1.165, 1.54) is 12.1 Å². The highest BCUT2D eigenvalue weighted by molar-refractivity contribution is 9.10. The maximum atomic E-state index is 13.1. The standard InChI is InChI=1S/C16H9Br2FO2/c17-8-14-15(9-1-4-11(19)5-2-9)16(20)12-7-10(18)3-6-13(12)21-14/h1-7H,8H2. The normalized spacial score (nSPS) is 11.0. The van der Waals surface area contributed by atoms with Gasteiger partial charge in [-0.25, -0.2) is 4.39 Å². The van der Waals surface area contributed by atoms with Crippen molar-refractivity contribution in [3.63, 3.8) is 0 Å². The van der Waals surface area contributed by atoms with Gasteiger partial charge in [-0.05, 0) is 35.9 Å². The number of alkyl halides is 1. The van der Waals surface area contributed by atoms with Crippen LogP contribution in [0.4, 0.5) is 4.39 Å². The molecule has 3 rings (SSSR count). The number of halogens is 3. The molecule has 0 fully saturated rings. The number of hydrogen-bond acceptors (Lipinski definition) is 2. The zero-order valence-electron chi connectivity index (χ0n) is 10.7. The number of fused-ring (bicyclic) bond motifs is 1.